The first-order chi connectivity index (χ1) is 11.6. The summed E-state index contributed by atoms with van der Waals surface area (Å²) in [5, 5.41) is 15.0. The number of thiophene rings is 1. The van der Waals surface area contributed by atoms with Gasteiger partial charge in [-0.05, 0) is 30.3 Å². The molecule has 24 heavy (non-hydrogen) atoms. The van der Waals surface area contributed by atoms with Crippen LogP contribution >= 0.6 is 46.0 Å². The number of nitrogens with one attached hydrogen (secondary N) is 2. The summed E-state index contributed by atoms with van der Waals surface area (Å²) in [6, 6.07) is 11.4. The van der Waals surface area contributed by atoms with Crippen LogP contribution in [0.15, 0.2) is 40.7 Å². The van der Waals surface area contributed by atoms with Gasteiger partial charge in [-0.3, -0.25) is 4.79 Å². The van der Waals surface area contributed by atoms with Gasteiger partial charge in [0.15, 0.2) is 4.34 Å². The number of anilines is 3. The van der Waals surface area contributed by atoms with Gasteiger partial charge < -0.3 is 10.6 Å². The zero-order valence-electron chi connectivity index (χ0n) is 12.6. The zero-order chi connectivity index (χ0) is 16.9. The maximum atomic E-state index is 11.1. The van der Waals surface area contributed by atoms with Crippen molar-refractivity contribution in [1.29, 1.82) is 0 Å². The number of amides is 1. The summed E-state index contributed by atoms with van der Waals surface area (Å²) in [4.78, 5) is 12.3. The van der Waals surface area contributed by atoms with Crippen LogP contribution in [0.4, 0.5) is 16.5 Å². The van der Waals surface area contributed by atoms with E-state index in [0.717, 1.165) is 25.8 Å². The molecule has 1 amide bonds. The van der Waals surface area contributed by atoms with E-state index in [1.807, 2.05) is 36.4 Å². The number of nitrogens with zero attached hydrogens (tertiary/aromatic N) is 2. The SMILES string of the molecule is CC(=O)Nc1cccc(Nc2nnc(SCc3ccc(Cl)s3)s2)c1. The van der Waals surface area contributed by atoms with E-state index in [0.29, 0.717) is 5.13 Å². The molecule has 0 bridgehead atoms. The number of carbonyl (C=O) groups excluding carboxylic acids is 1. The molecule has 124 valence electrons. The maximum absolute atomic E-state index is 11.1. The maximum Gasteiger partial charge on any atom is 0.221 e. The zero-order valence-corrected chi connectivity index (χ0v) is 15.8. The number of halogens is 1. The third kappa shape index (κ3) is 4.94. The molecule has 0 radical (unpaired) electrons. The van der Waals surface area contributed by atoms with E-state index in [2.05, 4.69) is 20.8 Å². The molecule has 2 heterocycles. The molecule has 0 saturated carbocycles. The lowest BCUT2D eigenvalue weighted by Crippen LogP contribution is -2.05. The molecule has 2 N–H and O–H groups in total. The molecule has 0 spiro atoms. The first-order valence-corrected chi connectivity index (χ1v) is 9.93. The Balaban J connectivity index is 1.60. The van der Waals surface area contributed by atoms with Crippen LogP contribution in [-0.4, -0.2) is 16.1 Å². The fourth-order valence-electron chi connectivity index (χ4n) is 1.88. The van der Waals surface area contributed by atoms with Crippen LogP contribution in [0.25, 0.3) is 0 Å². The van der Waals surface area contributed by atoms with Gasteiger partial charge in [0.1, 0.15) is 0 Å². The fraction of sp³-hybridized carbons (Fsp3) is 0.133. The highest BCUT2D eigenvalue weighted by Gasteiger charge is 2.07. The summed E-state index contributed by atoms with van der Waals surface area (Å²) >= 11 is 10.6. The number of rotatable bonds is 6. The van der Waals surface area contributed by atoms with Crippen LogP contribution in [0.1, 0.15) is 11.8 Å². The van der Waals surface area contributed by atoms with E-state index < -0.39 is 0 Å². The van der Waals surface area contributed by atoms with Crippen LogP contribution in [0, 0.1) is 0 Å². The molecule has 0 atom stereocenters. The lowest BCUT2D eigenvalue weighted by Gasteiger charge is -2.05. The van der Waals surface area contributed by atoms with E-state index in [4.69, 9.17) is 11.6 Å². The Kier molecular flexibility index (Phi) is 5.72. The molecule has 9 heteroatoms. The topological polar surface area (TPSA) is 66.9 Å². The first kappa shape index (κ1) is 17.2. The second-order valence-corrected chi connectivity index (χ2v) is 8.75. The molecule has 2 aromatic heterocycles. The van der Waals surface area contributed by atoms with E-state index in [1.165, 1.54) is 23.1 Å². The third-order valence-corrected chi connectivity index (χ3v) is 6.24. The van der Waals surface area contributed by atoms with Gasteiger partial charge in [-0.2, -0.15) is 0 Å². The Morgan fingerprint density at radius 1 is 1.21 bits per heavy atom. The highest BCUT2D eigenvalue weighted by Crippen LogP contribution is 2.32. The average Bonchev–Trinajstić information content (AvgIpc) is 3.14. The summed E-state index contributed by atoms with van der Waals surface area (Å²) < 4.78 is 1.68. The van der Waals surface area contributed by atoms with Gasteiger partial charge in [0.2, 0.25) is 11.0 Å². The molecule has 3 aromatic rings. The molecule has 5 nitrogen and oxygen atoms in total. The monoisotopic (exact) mass is 396 g/mol. The molecule has 0 unspecified atom stereocenters. The summed E-state index contributed by atoms with van der Waals surface area (Å²) in [6.07, 6.45) is 0. The number of aromatic nitrogens is 2. The van der Waals surface area contributed by atoms with Crippen LogP contribution in [0.2, 0.25) is 4.34 Å². The minimum absolute atomic E-state index is 0.101. The smallest absolute Gasteiger partial charge is 0.221 e. The van der Waals surface area contributed by atoms with Crippen LogP contribution in [0.3, 0.4) is 0 Å². The van der Waals surface area contributed by atoms with Gasteiger partial charge in [-0.1, -0.05) is 40.8 Å². The highest BCUT2D eigenvalue weighted by molar-refractivity contribution is 8.00. The molecule has 0 aliphatic carbocycles. The summed E-state index contributed by atoms with van der Waals surface area (Å²) in [7, 11) is 0. The van der Waals surface area contributed by atoms with E-state index in [1.54, 1.807) is 23.1 Å². The molecule has 0 fully saturated rings. The summed E-state index contributed by atoms with van der Waals surface area (Å²) in [5.41, 5.74) is 1.58. The van der Waals surface area contributed by atoms with Gasteiger partial charge >= 0.3 is 0 Å². The van der Waals surface area contributed by atoms with Gasteiger partial charge in [0.25, 0.3) is 0 Å². The molecular formula is C15H13ClN4OS3. The summed E-state index contributed by atoms with van der Waals surface area (Å²) in [5.74, 6) is 0.722. The molecule has 0 aliphatic heterocycles. The van der Waals surface area contributed by atoms with Gasteiger partial charge in [-0.15, -0.1) is 21.5 Å². The van der Waals surface area contributed by atoms with Crippen molar-refractivity contribution in [2.75, 3.05) is 10.6 Å². The van der Waals surface area contributed by atoms with Crippen LogP contribution in [-0.2, 0) is 10.5 Å². The second-order valence-electron chi connectivity index (χ2n) is 4.75. The van der Waals surface area contributed by atoms with Crippen molar-refractivity contribution in [3.8, 4) is 0 Å². The van der Waals surface area contributed by atoms with Crippen molar-refractivity contribution in [2.45, 2.75) is 17.0 Å². The Hall–Kier alpha value is -1.61. The number of hydrogen-bond acceptors (Lipinski definition) is 7. The standard InChI is InChI=1S/C15H13ClN4OS3/c1-9(21)17-10-3-2-4-11(7-10)18-14-19-20-15(24-14)22-8-12-5-6-13(16)23-12/h2-7H,8H2,1H3,(H,17,21)(H,18,19). The lowest BCUT2D eigenvalue weighted by molar-refractivity contribution is -0.114. The lowest BCUT2D eigenvalue weighted by atomic mass is 10.3. The molecule has 0 saturated heterocycles. The van der Waals surface area contributed by atoms with E-state index >= 15 is 0 Å². The molecular weight excluding hydrogens is 384 g/mol. The fourth-order valence-corrected chi connectivity index (χ4v) is 4.79. The van der Waals surface area contributed by atoms with Gasteiger partial charge in [0.05, 0.1) is 4.34 Å². The third-order valence-electron chi connectivity index (χ3n) is 2.81. The summed E-state index contributed by atoms with van der Waals surface area (Å²) in [6.45, 7) is 1.48. The van der Waals surface area contributed by atoms with Crippen LogP contribution < -0.4 is 10.6 Å². The second kappa shape index (κ2) is 7.98. The Morgan fingerprint density at radius 2 is 2.04 bits per heavy atom. The molecule has 0 aliphatic rings. The normalized spacial score (nSPS) is 10.6. The molecule has 3 rings (SSSR count). The van der Waals surface area contributed by atoms with Crippen molar-refractivity contribution in [2.24, 2.45) is 0 Å². The first-order valence-electron chi connectivity index (χ1n) is 6.94. The van der Waals surface area contributed by atoms with E-state index in [-0.39, 0.29) is 5.91 Å². The van der Waals surface area contributed by atoms with Crippen LogP contribution in [0.5, 0.6) is 0 Å². The number of thioether (sulfide) groups is 1. The van der Waals surface area contributed by atoms with E-state index in [9.17, 15) is 4.79 Å². The average molecular weight is 397 g/mol. The Morgan fingerprint density at radius 3 is 2.79 bits per heavy atom. The highest BCUT2D eigenvalue weighted by atomic mass is 35.5. The van der Waals surface area contributed by atoms with Crippen molar-refractivity contribution >= 4 is 68.4 Å². The minimum Gasteiger partial charge on any atom is -0.330 e. The van der Waals surface area contributed by atoms with Gasteiger partial charge in [-0.25, -0.2) is 0 Å². The van der Waals surface area contributed by atoms with Crippen molar-refractivity contribution in [3.05, 3.63) is 45.6 Å². The Bertz CT molecular complexity index is 849. The predicted octanol–water partition coefficient (Wildman–Crippen LogP) is 5.25. The number of benzene rings is 1. The Labute approximate surface area is 156 Å². The van der Waals surface area contributed by atoms with Gasteiger partial charge in [0, 0.05) is 28.9 Å². The van der Waals surface area contributed by atoms with Crippen molar-refractivity contribution < 1.29 is 4.79 Å². The van der Waals surface area contributed by atoms with Crippen molar-refractivity contribution in [1.82, 2.24) is 10.2 Å². The largest absolute Gasteiger partial charge is 0.330 e. The molecule has 1 aromatic carbocycles. The van der Waals surface area contributed by atoms with Crippen molar-refractivity contribution in [3.63, 3.8) is 0 Å². The quantitative estimate of drug-likeness (QED) is 0.557. The number of hydrogen-bond donors (Lipinski definition) is 2. The number of carbonyl (C=O) groups is 1. The minimum atomic E-state index is -0.101. The predicted molar refractivity (Wildman–Crippen MR) is 103 cm³/mol.